The number of rotatable bonds is 6. The third-order valence-corrected chi connectivity index (χ3v) is 3.80. The summed E-state index contributed by atoms with van der Waals surface area (Å²) in [7, 11) is 1.76. The van der Waals surface area contributed by atoms with Crippen molar-refractivity contribution in [2.24, 2.45) is 5.92 Å². The van der Waals surface area contributed by atoms with Crippen molar-refractivity contribution in [3.05, 3.63) is 16.1 Å². The van der Waals surface area contributed by atoms with Crippen molar-refractivity contribution >= 4 is 23.3 Å². The molecule has 1 unspecified atom stereocenters. The highest BCUT2D eigenvalue weighted by Gasteiger charge is 2.17. The topological polar surface area (TPSA) is 82.5 Å². The van der Waals surface area contributed by atoms with E-state index in [-0.39, 0.29) is 24.3 Å². The fraction of sp³-hybridized carbons (Fsp3) is 0.615. The Morgan fingerprint density at radius 1 is 1.45 bits per heavy atom. The molecule has 1 aromatic heterocycles. The number of hydrogen-bond acceptors (Lipinski definition) is 4. The van der Waals surface area contributed by atoms with Crippen molar-refractivity contribution in [1.82, 2.24) is 15.2 Å². The van der Waals surface area contributed by atoms with Gasteiger partial charge < -0.3 is 15.3 Å². The molecule has 2 amide bonds. The molecule has 0 aromatic carbocycles. The molecule has 1 heterocycles. The number of aromatic carboxylic acids is 1. The fourth-order valence-corrected chi connectivity index (χ4v) is 2.51. The third-order valence-electron chi connectivity index (χ3n) is 2.96. The molecular weight excluding hydrogens is 278 g/mol. The predicted molar refractivity (Wildman–Crippen MR) is 78.0 cm³/mol. The summed E-state index contributed by atoms with van der Waals surface area (Å²) in [4.78, 5) is 28.2. The molecule has 112 valence electrons. The van der Waals surface area contributed by atoms with E-state index in [4.69, 9.17) is 5.11 Å². The average molecular weight is 299 g/mol. The van der Waals surface area contributed by atoms with E-state index in [1.807, 2.05) is 6.92 Å². The number of nitrogens with zero attached hydrogens (tertiary/aromatic N) is 2. The van der Waals surface area contributed by atoms with Gasteiger partial charge in [-0.15, -0.1) is 11.3 Å². The fourth-order valence-electron chi connectivity index (χ4n) is 1.81. The first-order valence-corrected chi connectivity index (χ1v) is 7.37. The zero-order valence-electron chi connectivity index (χ0n) is 12.2. The Morgan fingerprint density at radius 3 is 2.60 bits per heavy atom. The van der Waals surface area contributed by atoms with Gasteiger partial charge >= 0.3 is 12.0 Å². The SMILES string of the molecule is CC(C)CC(C)N(C)C(=O)NCc1nc(C(=O)O)cs1. The predicted octanol–water partition coefficient (Wildman–Crippen LogP) is 2.42. The standard InChI is InChI=1S/C13H21N3O3S/c1-8(2)5-9(3)16(4)13(19)14-6-11-15-10(7-20-11)12(17)18/h7-9H,5-6H2,1-4H3,(H,14,19)(H,17,18). The van der Waals surface area contributed by atoms with Gasteiger partial charge in [0.2, 0.25) is 0 Å². The first kappa shape index (κ1) is 16.4. The van der Waals surface area contributed by atoms with Crippen LogP contribution in [0, 0.1) is 5.92 Å². The zero-order valence-corrected chi connectivity index (χ0v) is 13.0. The summed E-state index contributed by atoms with van der Waals surface area (Å²) in [5.74, 6) is -0.529. The van der Waals surface area contributed by atoms with E-state index in [2.05, 4.69) is 24.1 Å². The second-order valence-corrected chi connectivity index (χ2v) is 6.12. The van der Waals surface area contributed by atoms with Crippen molar-refractivity contribution in [3.8, 4) is 0 Å². The van der Waals surface area contributed by atoms with Crippen molar-refractivity contribution in [1.29, 1.82) is 0 Å². The molecule has 1 aromatic rings. The van der Waals surface area contributed by atoms with Gasteiger partial charge in [0.05, 0.1) is 6.54 Å². The number of carbonyl (C=O) groups excluding carboxylic acids is 1. The maximum absolute atomic E-state index is 12.0. The van der Waals surface area contributed by atoms with E-state index in [0.29, 0.717) is 10.9 Å². The minimum Gasteiger partial charge on any atom is -0.476 e. The molecule has 0 radical (unpaired) electrons. The Kier molecular flexibility index (Phi) is 5.94. The molecule has 7 heteroatoms. The molecule has 0 saturated heterocycles. The highest BCUT2D eigenvalue weighted by atomic mass is 32.1. The molecule has 0 fully saturated rings. The van der Waals surface area contributed by atoms with Gasteiger partial charge in [-0.05, 0) is 19.3 Å². The summed E-state index contributed by atoms with van der Waals surface area (Å²) in [5, 5.41) is 13.6. The molecule has 2 N–H and O–H groups in total. The minimum absolute atomic E-state index is 0.0146. The number of nitrogens with one attached hydrogen (secondary N) is 1. The number of urea groups is 1. The van der Waals surface area contributed by atoms with Gasteiger partial charge in [-0.3, -0.25) is 0 Å². The van der Waals surface area contributed by atoms with Gasteiger partial charge in [0.25, 0.3) is 0 Å². The number of carboxylic acid groups (broad SMARTS) is 1. The second kappa shape index (κ2) is 7.23. The van der Waals surface area contributed by atoms with E-state index in [9.17, 15) is 9.59 Å². The zero-order chi connectivity index (χ0) is 15.3. The Morgan fingerprint density at radius 2 is 2.10 bits per heavy atom. The van der Waals surface area contributed by atoms with Crippen LogP contribution in [0.1, 0.15) is 42.7 Å². The summed E-state index contributed by atoms with van der Waals surface area (Å²) >= 11 is 1.23. The van der Waals surface area contributed by atoms with E-state index in [1.54, 1.807) is 11.9 Å². The van der Waals surface area contributed by atoms with Crippen LogP contribution in [0.2, 0.25) is 0 Å². The van der Waals surface area contributed by atoms with Crippen LogP contribution in [-0.2, 0) is 6.54 Å². The van der Waals surface area contributed by atoms with Gasteiger partial charge in [0.15, 0.2) is 5.69 Å². The Balaban J connectivity index is 2.47. The van der Waals surface area contributed by atoms with Gasteiger partial charge in [-0.25, -0.2) is 14.6 Å². The number of aromatic nitrogens is 1. The summed E-state index contributed by atoms with van der Waals surface area (Å²) in [6.45, 7) is 6.48. The monoisotopic (exact) mass is 299 g/mol. The van der Waals surface area contributed by atoms with Gasteiger partial charge in [0.1, 0.15) is 5.01 Å². The Bertz CT molecular complexity index is 473. The Labute approximate surface area is 122 Å². The highest BCUT2D eigenvalue weighted by molar-refractivity contribution is 7.09. The second-order valence-electron chi connectivity index (χ2n) is 5.18. The summed E-state index contributed by atoms with van der Waals surface area (Å²) < 4.78 is 0. The van der Waals surface area contributed by atoms with E-state index >= 15 is 0 Å². The molecule has 0 spiro atoms. The van der Waals surface area contributed by atoms with E-state index < -0.39 is 5.97 Å². The van der Waals surface area contributed by atoms with Crippen LogP contribution in [-0.4, -0.2) is 40.1 Å². The molecule has 0 saturated carbocycles. The number of amides is 2. The maximum Gasteiger partial charge on any atom is 0.355 e. The normalized spacial score (nSPS) is 12.2. The summed E-state index contributed by atoms with van der Waals surface area (Å²) in [5.41, 5.74) is 0.0146. The van der Waals surface area contributed by atoms with Crippen molar-refractivity contribution in [2.45, 2.75) is 39.8 Å². The number of thiazole rings is 1. The van der Waals surface area contributed by atoms with Gasteiger partial charge in [-0.1, -0.05) is 13.8 Å². The van der Waals surface area contributed by atoms with Gasteiger partial charge in [0, 0.05) is 18.5 Å². The van der Waals surface area contributed by atoms with Crippen molar-refractivity contribution < 1.29 is 14.7 Å². The molecule has 1 rings (SSSR count). The van der Waals surface area contributed by atoms with Crippen LogP contribution in [0.4, 0.5) is 4.79 Å². The maximum atomic E-state index is 12.0. The van der Waals surface area contributed by atoms with Crippen LogP contribution in [0.15, 0.2) is 5.38 Å². The Hall–Kier alpha value is -1.63. The van der Waals surface area contributed by atoms with Crippen LogP contribution >= 0.6 is 11.3 Å². The number of hydrogen-bond donors (Lipinski definition) is 2. The molecular formula is C13H21N3O3S. The molecule has 0 aliphatic carbocycles. The molecule has 0 aliphatic heterocycles. The van der Waals surface area contributed by atoms with E-state index in [1.165, 1.54) is 16.7 Å². The lowest BCUT2D eigenvalue weighted by Crippen LogP contribution is -2.42. The van der Waals surface area contributed by atoms with Crippen LogP contribution in [0.25, 0.3) is 0 Å². The summed E-state index contributed by atoms with van der Waals surface area (Å²) in [6, 6.07) is -0.0221. The first-order chi connectivity index (χ1) is 9.31. The molecule has 1 atom stereocenters. The smallest absolute Gasteiger partial charge is 0.355 e. The van der Waals surface area contributed by atoms with Crippen LogP contribution in [0.5, 0.6) is 0 Å². The van der Waals surface area contributed by atoms with Crippen molar-refractivity contribution in [2.75, 3.05) is 7.05 Å². The molecule has 0 aliphatic rings. The lowest BCUT2D eigenvalue weighted by atomic mass is 10.0. The quantitative estimate of drug-likeness (QED) is 0.845. The minimum atomic E-state index is -1.05. The molecule has 0 bridgehead atoms. The third kappa shape index (κ3) is 4.80. The molecule has 20 heavy (non-hydrogen) atoms. The van der Waals surface area contributed by atoms with Crippen molar-refractivity contribution in [3.63, 3.8) is 0 Å². The lowest BCUT2D eigenvalue weighted by Gasteiger charge is -2.26. The van der Waals surface area contributed by atoms with Crippen LogP contribution < -0.4 is 5.32 Å². The lowest BCUT2D eigenvalue weighted by molar-refractivity contribution is 0.0691. The summed E-state index contributed by atoms with van der Waals surface area (Å²) in [6.07, 6.45) is 0.935. The highest BCUT2D eigenvalue weighted by Crippen LogP contribution is 2.11. The average Bonchev–Trinajstić information content (AvgIpc) is 2.83. The van der Waals surface area contributed by atoms with Crippen LogP contribution in [0.3, 0.4) is 0 Å². The number of carboxylic acids is 1. The van der Waals surface area contributed by atoms with Gasteiger partial charge in [-0.2, -0.15) is 0 Å². The van der Waals surface area contributed by atoms with E-state index in [0.717, 1.165) is 6.42 Å². The number of carbonyl (C=O) groups is 2. The largest absolute Gasteiger partial charge is 0.476 e. The first-order valence-electron chi connectivity index (χ1n) is 6.49. The molecule has 6 nitrogen and oxygen atoms in total.